The van der Waals surface area contributed by atoms with Crippen LogP contribution in [-0.4, -0.2) is 30.3 Å². The Kier molecular flexibility index (Phi) is 3.48. The van der Waals surface area contributed by atoms with Crippen LogP contribution < -0.4 is 10.6 Å². The van der Waals surface area contributed by atoms with Crippen LogP contribution in [0.5, 0.6) is 0 Å². The number of hydrogen-bond acceptors (Lipinski definition) is 4. The first-order valence-electron chi connectivity index (χ1n) is 6.15. The predicted octanol–water partition coefficient (Wildman–Crippen LogP) is 2.05. The fourth-order valence-electron chi connectivity index (χ4n) is 2.09. The van der Waals surface area contributed by atoms with E-state index in [1.54, 1.807) is 0 Å². The third kappa shape index (κ3) is 2.59. The summed E-state index contributed by atoms with van der Waals surface area (Å²) in [6.07, 6.45) is 1.81. The van der Waals surface area contributed by atoms with E-state index in [0.29, 0.717) is 6.54 Å². The highest BCUT2D eigenvalue weighted by atomic mass is 15.2. The van der Waals surface area contributed by atoms with Gasteiger partial charge in [0.1, 0.15) is 0 Å². The van der Waals surface area contributed by atoms with Crippen LogP contribution in [-0.2, 0) is 0 Å². The Labute approximate surface area is 108 Å². The molecular formula is C14H20N4. The molecule has 1 aromatic heterocycles. The van der Waals surface area contributed by atoms with Gasteiger partial charge in [0.05, 0.1) is 17.4 Å². The molecule has 0 radical (unpaired) electrons. The van der Waals surface area contributed by atoms with Crippen molar-refractivity contribution in [1.82, 2.24) is 10.2 Å². The Bertz CT molecular complexity index is 531. The van der Waals surface area contributed by atoms with Gasteiger partial charge in [-0.3, -0.25) is 0 Å². The minimum absolute atomic E-state index is 0.0825. The smallest absolute Gasteiger partial charge is 0.0950 e. The highest BCUT2D eigenvalue weighted by molar-refractivity contribution is 5.90. The summed E-state index contributed by atoms with van der Waals surface area (Å²) in [4.78, 5) is 2.20. The molecule has 1 heterocycles. The van der Waals surface area contributed by atoms with Crippen LogP contribution in [0.1, 0.15) is 13.8 Å². The second-order valence-electron chi connectivity index (χ2n) is 5.47. The zero-order valence-electron chi connectivity index (χ0n) is 11.2. The molecule has 0 aliphatic heterocycles. The Morgan fingerprint density at radius 2 is 2.00 bits per heavy atom. The van der Waals surface area contributed by atoms with Gasteiger partial charge in [-0.1, -0.05) is 32.0 Å². The molecule has 18 heavy (non-hydrogen) atoms. The van der Waals surface area contributed by atoms with Gasteiger partial charge in [-0.2, -0.15) is 10.2 Å². The molecule has 2 N–H and O–H groups in total. The summed E-state index contributed by atoms with van der Waals surface area (Å²) in [7, 11) is 2.07. The van der Waals surface area contributed by atoms with E-state index in [9.17, 15) is 0 Å². The Morgan fingerprint density at radius 1 is 1.28 bits per heavy atom. The van der Waals surface area contributed by atoms with Crippen molar-refractivity contribution in [3.63, 3.8) is 0 Å². The molecular weight excluding hydrogens is 224 g/mol. The third-order valence-electron chi connectivity index (χ3n) is 3.15. The van der Waals surface area contributed by atoms with Gasteiger partial charge in [0.2, 0.25) is 0 Å². The lowest BCUT2D eigenvalue weighted by atomic mass is 9.93. The lowest BCUT2D eigenvalue weighted by molar-refractivity contribution is 0.385. The van der Waals surface area contributed by atoms with Crippen molar-refractivity contribution in [3.05, 3.63) is 30.5 Å². The number of hydrogen-bond donors (Lipinski definition) is 1. The molecule has 2 aromatic rings. The fraction of sp³-hybridized carbons (Fsp3) is 0.429. The summed E-state index contributed by atoms with van der Waals surface area (Å²) in [5.74, 6) is 0. The summed E-state index contributed by atoms with van der Waals surface area (Å²) in [6, 6.07) is 8.05. The van der Waals surface area contributed by atoms with E-state index in [4.69, 9.17) is 5.73 Å². The van der Waals surface area contributed by atoms with E-state index in [1.807, 2.05) is 24.4 Å². The molecule has 0 spiro atoms. The van der Waals surface area contributed by atoms with Gasteiger partial charge in [-0.05, 0) is 18.0 Å². The van der Waals surface area contributed by atoms with Gasteiger partial charge in [0.15, 0.2) is 0 Å². The predicted molar refractivity (Wildman–Crippen MR) is 75.6 cm³/mol. The first-order chi connectivity index (χ1) is 8.53. The highest BCUT2D eigenvalue weighted by Gasteiger charge is 2.19. The largest absolute Gasteiger partial charge is 0.372 e. The first-order valence-corrected chi connectivity index (χ1v) is 6.15. The second-order valence-corrected chi connectivity index (χ2v) is 5.47. The minimum Gasteiger partial charge on any atom is -0.372 e. The lowest BCUT2D eigenvalue weighted by Gasteiger charge is -2.30. The quantitative estimate of drug-likeness (QED) is 0.894. The molecule has 0 fully saturated rings. The molecule has 0 unspecified atom stereocenters. The van der Waals surface area contributed by atoms with Gasteiger partial charge in [0.25, 0.3) is 0 Å². The van der Waals surface area contributed by atoms with Gasteiger partial charge in [0, 0.05) is 19.0 Å². The van der Waals surface area contributed by atoms with Crippen LogP contribution in [0.3, 0.4) is 0 Å². The molecule has 0 saturated heterocycles. The number of benzene rings is 1. The van der Waals surface area contributed by atoms with E-state index < -0.39 is 0 Å². The van der Waals surface area contributed by atoms with E-state index in [0.717, 1.165) is 23.1 Å². The highest BCUT2D eigenvalue weighted by Crippen LogP contribution is 2.25. The topological polar surface area (TPSA) is 55.0 Å². The summed E-state index contributed by atoms with van der Waals surface area (Å²) in [5, 5.41) is 9.33. The third-order valence-corrected chi connectivity index (χ3v) is 3.15. The fourth-order valence-corrected chi connectivity index (χ4v) is 2.09. The maximum absolute atomic E-state index is 5.79. The van der Waals surface area contributed by atoms with Crippen molar-refractivity contribution in [3.8, 4) is 0 Å². The van der Waals surface area contributed by atoms with Gasteiger partial charge in [-0.25, -0.2) is 0 Å². The molecule has 0 bridgehead atoms. The number of fused-ring (bicyclic) bond motifs is 1. The first kappa shape index (κ1) is 12.8. The van der Waals surface area contributed by atoms with Crippen molar-refractivity contribution < 1.29 is 0 Å². The number of nitrogens with zero attached hydrogens (tertiary/aromatic N) is 3. The number of anilines is 1. The SMILES string of the molecule is CN(CC(C)(C)CN)c1cnnc2ccccc12. The van der Waals surface area contributed by atoms with Crippen LogP contribution in [0.2, 0.25) is 0 Å². The van der Waals surface area contributed by atoms with E-state index >= 15 is 0 Å². The molecule has 1 aromatic carbocycles. The number of aromatic nitrogens is 2. The van der Waals surface area contributed by atoms with Crippen molar-refractivity contribution in [1.29, 1.82) is 0 Å². The second kappa shape index (κ2) is 4.90. The van der Waals surface area contributed by atoms with Crippen molar-refractivity contribution >= 4 is 16.6 Å². The van der Waals surface area contributed by atoms with Crippen LogP contribution in [0.4, 0.5) is 5.69 Å². The zero-order valence-corrected chi connectivity index (χ0v) is 11.2. The molecule has 0 amide bonds. The van der Waals surface area contributed by atoms with Crippen molar-refractivity contribution in [2.24, 2.45) is 11.1 Å². The number of nitrogens with two attached hydrogens (primary N) is 1. The average molecular weight is 244 g/mol. The van der Waals surface area contributed by atoms with Crippen LogP contribution >= 0.6 is 0 Å². The monoisotopic (exact) mass is 244 g/mol. The maximum atomic E-state index is 5.79. The minimum atomic E-state index is 0.0825. The standard InChI is InChI=1S/C14H20N4/c1-14(2,9-15)10-18(3)13-8-16-17-12-7-5-4-6-11(12)13/h4-8H,9-10,15H2,1-3H3. The van der Waals surface area contributed by atoms with Crippen LogP contribution in [0, 0.1) is 5.41 Å². The normalized spacial score (nSPS) is 11.8. The molecule has 0 aliphatic rings. The molecule has 4 heteroatoms. The van der Waals surface area contributed by atoms with Gasteiger partial charge >= 0.3 is 0 Å². The number of rotatable bonds is 4. The van der Waals surface area contributed by atoms with Gasteiger partial charge < -0.3 is 10.6 Å². The van der Waals surface area contributed by atoms with E-state index in [1.165, 1.54) is 0 Å². The Hall–Kier alpha value is -1.68. The van der Waals surface area contributed by atoms with Crippen LogP contribution in [0.15, 0.2) is 30.5 Å². The van der Waals surface area contributed by atoms with E-state index in [2.05, 4.69) is 42.1 Å². The summed E-state index contributed by atoms with van der Waals surface area (Å²) >= 11 is 0. The lowest BCUT2D eigenvalue weighted by Crippen LogP contribution is -2.36. The van der Waals surface area contributed by atoms with Crippen LogP contribution in [0.25, 0.3) is 10.9 Å². The summed E-state index contributed by atoms with van der Waals surface area (Å²) in [6.45, 7) is 5.88. The van der Waals surface area contributed by atoms with Crippen molar-refractivity contribution in [2.45, 2.75) is 13.8 Å². The summed E-state index contributed by atoms with van der Waals surface area (Å²) in [5.41, 5.74) is 7.90. The molecule has 96 valence electrons. The molecule has 0 aliphatic carbocycles. The molecule has 0 saturated carbocycles. The Balaban J connectivity index is 2.36. The van der Waals surface area contributed by atoms with Gasteiger partial charge in [-0.15, -0.1) is 0 Å². The summed E-state index contributed by atoms with van der Waals surface area (Å²) < 4.78 is 0. The molecule has 4 nitrogen and oxygen atoms in total. The zero-order chi connectivity index (χ0) is 13.2. The molecule has 2 rings (SSSR count). The molecule has 0 atom stereocenters. The maximum Gasteiger partial charge on any atom is 0.0950 e. The average Bonchev–Trinajstić information content (AvgIpc) is 2.37. The van der Waals surface area contributed by atoms with Crippen molar-refractivity contribution in [2.75, 3.05) is 25.0 Å². The van der Waals surface area contributed by atoms with E-state index in [-0.39, 0.29) is 5.41 Å². The Morgan fingerprint density at radius 3 is 2.72 bits per heavy atom.